The second kappa shape index (κ2) is 7.03. The number of alkyl halides is 2. The van der Waals surface area contributed by atoms with Crippen molar-refractivity contribution in [3.63, 3.8) is 0 Å². The van der Waals surface area contributed by atoms with Gasteiger partial charge in [-0.2, -0.15) is 8.78 Å². The molecule has 6 nitrogen and oxygen atoms in total. The number of rotatable bonds is 2. The van der Waals surface area contributed by atoms with Gasteiger partial charge < -0.3 is 19.5 Å². The number of ether oxygens (including phenoxy) is 1. The highest BCUT2D eigenvalue weighted by Crippen LogP contribution is 2.47. The number of nitrogens with one attached hydrogen (secondary N) is 1. The van der Waals surface area contributed by atoms with Crippen molar-refractivity contribution in [1.82, 2.24) is 19.8 Å². The van der Waals surface area contributed by atoms with Gasteiger partial charge in [0, 0.05) is 29.8 Å². The Hall–Kier alpha value is -3.44. The van der Waals surface area contributed by atoms with Gasteiger partial charge in [0.25, 0.3) is 5.91 Å². The van der Waals surface area contributed by atoms with Crippen LogP contribution in [0.5, 0.6) is 5.75 Å². The van der Waals surface area contributed by atoms with Gasteiger partial charge in [0.05, 0.1) is 28.5 Å². The number of carbonyl (C=O) groups excluding carboxylic acids is 1. The average molecular weight is 448 g/mol. The molecule has 1 fully saturated rings. The number of fused-ring (bicyclic) bond motifs is 9. The summed E-state index contributed by atoms with van der Waals surface area (Å²) in [5.41, 5.74) is 3.34. The van der Waals surface area contributed by atoms with Crippen LogP contribution in [-0.4, -0.2) is 47.1 Å². The molecule has 2 aromatic carbocycles. The molecule has 1 aromatic heterocycles. The molecule has 33 heavy (non-hydrogen) atoms. The summed E-state index contributed by atoms with van der Waals surface area (Å²) in [4.78, 5) is 19.8. The van der Waals surface area contributed by atoms with E-state index in [-0.39, 0.29) is 29.2 Å². The first-order chi connectivity index (χ1) is 15.8. The topological polar surface area (TPSA) is 59.4 Å². The molecular formula is C25H22F2N4O2. The largest absolute Gasteiger partial charge is 0.434 e. The zero-order valence-electron chi connectivity index (χ0n) is 18.2. The number of imidazole rings is 1. The van der Waals surface area contributed by atoms with E-state index >= 15 is 0 Å². The fourth-order valence-electron chi connectivity index (χ4n) is 5.53. The van der Waals surface area contributed by atoms with E-state index in [9.17, 15) is 13.6 Å². The third kappa shape index (κ3) is 3.18. The standard InChI is InChI=1S/C25H22F2N4O2/c1-25(12-30(2)13-25)9-8-14-6-7-16-18(10-14)31-19-11-17(22(31)28-16)29-23(32)15-4-3-5-20(21(15)19)33-24(26)27/h3-7,10,17,19,24H,11-13H2,1-2H3,(H,29,32). The average Bonchev–Trinajstić information content (AvgIpc) is 3.23. The lowest BCUT2D eigenvalue weighted by Crippen LogP contribution is -2.51. The molecule has 1 saturated heterocycles. The second-order valence-corrected chi connectivity index (χ2v) is 9.40. The van der Waals surface area contributed by atoms with Gasteiger partial charge in [-0.15, -0.1) is 0 Å². The minimum Gasteiger partial charge on any atom is -0.434 e. The number of carbonyl (C=O) groups is 1. The van der Waals surface area contributed by atoms with Crippen LogP contribution in [0, 0.1) is 17.3 Å². The molecule has 0 radical (unpaired) electrons. The predicted molar refractivity (Wildman–Crippen MR) is 118 cm³/mol. The summed E-state index contributed by atoms with van der Waals surface area (Å²) in [6.45, 7) is 1.06. The van der Waals surface area contributed by atoms with Crippen molar-refractivity contribution in [2.75, 3.05) is 20.1 Å². The van der Waals surface area contributed by atoms with E-state index in [2.05, 4.69) is 36.0 Å². The Morgan fingerprint density at radius 2 is 2.09 bits per heavy atom. The molecule has 4 heterocycles. The van der Waals surface area contributed by atoms with E-state index in [1.807, 2.05) is 22.8 Å². The monoisotopic (exact) mass is 448 g/mol. The molecule has 3 aromatic rings. The summed E-state index contributed by atoms with van der Waals surface area (Å²) in [7, 11) is 2.08. The molecule has 0 saturated carbocycles. The number of aromatic nitrogens is 2. The molecule has 0 spiro atoms. The molecule has 0 aliphatic carbocycles. The van der Waals surface area contributed by atoms with Crippen LogP contribution >= 0.6 is 0 Å². The van der Waals surface area contributed by atoms with E-state index in [0.29, 0.717) is 17.5 Å². The number of benzene rings is 2. The lowest BCUT2D eigenvalue weighted by molar-refractivity contribution is -0.0507. The fourth-order valence-corrected chi connectivity index (χ4v) is 5.53. The highest BCUT2D eigenvalue weighted by atomic mass is 19.3. The summed E-state index contributed by atoms with van der Waals surface area (Å²) in [5.74, 6) is 7.14. The maximum absolute atomic E-state index is 13.2. The smallest absolute Gasteiger partial charge is 0.387 e. The number of hydrogen-bond donors (Lipinski definition) is 1. The first-order valence-corrected chi connectivity index (χ1v) is 10.9. The van der Waals surface area contributed by atoms with Gasteiger partial charge in [-0.25, -0.2) is 4.98 Å². The minimum absolute atomic E-state index is 0.0116. The minimum atomic E-state index is -2.98. The third-order valence-corrected chi connectivity index (χ3v) is 6.71. The van der Waals surface area contributed by atoms with E-state index in [1.165, 1.54) is 6.07 Å². The summed E-state index contributed by atoms with van der Waals surface area (Å²) >= 11 is 0. The van der Waals surface area contributed by atoms with Crippen LogP contribution in [0.4, 0.5) is 8.78 Å². The van der Waals surface area contributed by atoms with Crippen LogP contribution < -0.4 is 10.1 Å². The highest BCUT2D eigenvalue weighted by Gasteiger charge is 2.42. The predicted octanol–water partition coefficient (Wildman–Crippen LogP) is 3.72. The van der Waals surface area contributed by atoms with Crippen molar-refractivity contribution < 1.29 is 18.3 Å². The van der Waals surface area contributed by atoms with E-state index in [4.69, 9.17) is 9.72 Å². The molecule has 3 aliphatic rings. The summed E-state index contributed by atoms with van der Waals surface area (Å²) in [6.07, 6.45) is 0.529. The van der Waals surface area contributed by atoms with Crippen molar-refractivity contribution in [2.45, 2.75) is 32.0 Å². The first-order valence-electron chi connectivity index (χ1n) is 10.9. The quantitative estimate of drug-likeness (QED) is 0.608. The lowest BCUT2D eigenvalue weighted by atomic mass is 9.83. The SMILES string of the molecule is CN1CC(C)(C#Cc2ccc3nc4n(c3c2)C2CC4NC(=O)c3cccc(OC(F)F)c32)C1. The van der Waals surface area contributed by atoms with Crippen LogP contribution in [-0.2, 0) is 0 Å². The third-order valence-electron chi connectivity index (χ3n) is 6.71. The molecular weight excluding hydrogens is 426 g/mol. The van der Waals surface area contributed by atoms with Crippen molar-refractivity contribution in [1.29, 1.82) is 0 Å². The Kier molecular flexibility index (Phi) is 4.30. The Labute approximate surface area is 189 Å². The Bertz CT molecular complexity index is 1360. The molecule has 3 aliphatic heterocycles. The molecule has 1 N–H and O–H groups in total. The fraction of sp³-hybridized carbons (Fsp3) is 0.360. The Morgan fingerprint density at radius 3 is 2.85 bits per heavy atom. The van der Waals surface area contributed by atoms with Gasteiger partial charge in [-0.3, -0.25) is 4.79 Å². The van der Waals surface area contributed by atoms with Gasteiger partial charge in [-0.1, -0.05) is 17.9 Å². The van der Waals surface area contributed by atoms with Crippen molar-refractivity contribution in [2.24, 2.45) is 5.41 Å². The highest BCUT2D eigenvalue weighted by molar-refractivity contribution is 5.98. The van der Waals surface area contributed by atoms with E-state index in [1.54, 1.807) is 12.1 Å². The molecule has 1 amide bonds. The van der Waals surface area contributed by atoms with Gasteiger partial charge in [0.1, 0.15) is 11.6 Å². The number of amides is 1. The summed E-state index contributed by atoms with van der Waals surface area (Å²) in [5, 5.41) is 3.01. The molecule has 8 heteroatoms. The molecule has 6 rings (SSSR count). The van der Waals surface area contributed by atoms with Crippen molar-refractivity contribution >= 4 is 16.9 Å². The summed E-state index contributed by atoms with van der Waals surface area (Å²) < 4.78 is 33.2. The van der Waals surface area contributed by atoms with Crippen LogP contribution in [0.1, 0.15) is 52.7 Å². The number of likely N-dealkylation sites (tertiary alicyclic amines) is 1. The van der Waals surface area contributed by atoms with Gasteiger partial charge in [0.2, 0.25) is 0 Å². The second-order valence-electron chi connectivity index (χ2n) is 9.40. The zero-order valence-corrected chi connectivity index (χ0v) is 18.2. The van der Waals surface area contributed by atoms with Crippen LogP contribution in [0.3, 0.4) is 0 Å². The normalized spacial score (nSPS) is 22.6. The van der Waals surface area contributed by atoms with Crippen LogP contribution in [0.15, 0.2) is 36.4 Å². The molecule has 2 atom stereocenters. The molecule has 2 unspecified atom stereocenters. The van der Waals surface area contributed by atoms with E-state index < -0.39 is 6.61 Å². The molecule has 168 valence electrons. The van der Waals surface area contributed by atoms with Crippen molar-refractivity contribution in [3.05, 3.63) is 58.9 Å². The maximum atomic E-state index is 13.2. The van der Waals surface area contributed by atoms with E-state index in [0.717, 1.165) is 35.5 Å². The number of halogens is 2. The zero-order chi connectivity index (χ0) is 22.9. The van der Waals surface area contributed by atoms with Crippen LogP contribution in [0.2, 0.25) is 0 Å². The Morgan fingerprint density at radius 1 is 1.27 bits per heavy atom. The molecule has 2 bridgehead atoms. The van der Waals surface area contributed by atoms with Gasteiger partial charge >= 0.3 is 6.61 Å². The van der Waals surface area contributed by atoms with Gasteiger partial charge in [-0.05, 0) is 50.7 Å². The van der Waals surface area contributed by atoms with Gasteiger partial charge in [0.15, 0.2) is 0 Å². The number of hydrogen-bond acceptors (Lipinski definition) is 4. The summed E-state index contributed by atoms with van der Waals surface area (Å²) in [6, 6.07) is 9.93. The maximum Gasteiger partial charge on any atom is 0.387 e. The number of nitrogens with zero attached hydrogens (tertiary/aromatic N) is 3. The van der Waals surface area contributed by atoms with Crippen LogP contribution in [0.25, 0.3) is 11.0 Å². The first kappa shape index (κ1) is 20.2. The Balaban J connectivity index is 1.48. The lowest BCUT2D eigenvalue weighted by Gasteiger charge is -2.42. The van der Waals surface area contributed by atoms with Crippen molar-refractivity contribution in [3.8, 4) is 17.6 Å².